The summed E-state index contributed by atoms with van der Waals surface area (Å²) >= 11 is 0. The molecule has 0 aliphatic heterocycles. The summed E-state index contributed by atoms with van der Waals surface area (Å²) in [6, 6.07) is 0. The van der Waals surface area contributed by atoms with Gasteiger partial charge in [0, 0.05) is 0 Å². The number of ether oxygens (including phenoxy) is 1. The first-order chi connectivity index (χ1) is 4.58. The lowest BCUT2D eigenvalue weighted by molar-refractivity contribution is -0.324. The third-order valence-corrected chi connectivity index (χ3v) is 1.32. The highest BCUT2D eigenvalue weighted by Gasteiger charge is 2.30. The van der Waals surface area contributed by atoms with Gasteiger partial charge in [-0.15, -0.1) is 13.2 Å². The Kier molecular flexibility index (Phi) is 2.18. The summed E-state index contributed by atoms with van der Waals surface area (Å²) in [5.41, 5.74) is 0. The molecule has 0 aromatic carbocycles. The highest BCUT2D eigenvalue weighted by molar-refractivity contribution is 4.93. The minimum absolute atomic E-state index is 0.204. The van der Waals surface area contributed by atoms with E-state index in [1.165, 1.54) is 0 Å². The largest absolute Gasteiger partial charge is 0.522 e. The van der Waals surface area contributed by atoms with Crippen LogP contribution >= 0.6 is 0 Å². The van der Waals surface area contributed by atoms with Crippen LogP contribution < -0.4 is 0 Å². The molecule has 1 atom stereocenters. The maximum absolute atomic E-state index is 11.3. The van der Waals surface area contributed by atoms with Crippen LogP contribution in [0, 0.1) is 12.3 Å². The number of hydrogen-bond donors (Lipinski definition) is 0. The van der Waals surface area contributed by atoms with Crippen LogP contribution in [0.15, 0.2) is 0 Å². The lowest BCUT2D eigenvalue weighted by Gasteiger charge is -2.05. The summed E-state index contributed by atoms with van der Waals surface area (Å²) in [6.45, 7) is -0.204. The molecule has 1 nitrogen and oxygen atoms in total. The Hall–Kier alpha value is -0.250. The zero-order chi connectivity index (χ0) is 7.61. The van der Waals surface area contributed by atoms with Crippen molar-refractivity contribution in [1.29, 1.82) is 0 Å². The van der Waals surface area contributed by atoms with Crippen LogP contribution in [0.3, 0.4) is 0 Å². The second-order valence-corrected chi connectivity index (χ2v) is 2.31. The van der Waals surface area contributed by atoms with Gasteiger partial charge in [0.2, 0.25) is 0 Å². The van der Waals surface area contributed by atoms with E-state index in [0.29, 0.717) is 12.3 Å². The van der Waals surface area contributed by atoms with Gasteiger partial charge in [0.25, 0.3) is 0 Å². The molecule has 0 aromatic heterocycles. The van der Waals surface area contributed by atoms with E-state index in [0.717, 1.165) is 6.42 Å². The van der Waals surface area contributed by atoms with E-state index in [-0.39, 0.29) is 6.61 Å². The third kappa shape index (κ3) is 3.71. The van der Waals surface area contributed by atoms with Crippen molar-refractivity contribution < 1.29 is 17.9 Å². The molecule has 10 heavy (non-hydrogen) atoms. The summed E-state index contributed by atoms with van der Waals surface area (Å²) in [7, 11) is 0. The fourth-order valence-electron chi connectivity index (χ4n) is 0.658. The molecule has 1 saturated carbocycles. The molecule has 0 amide bonds. The standard InChI is InChI=1S/C6H8F3O/c7-6(8,9)10-4-3-5-1-2-5/h1,5H,2-4H2. The Morgan fingerprint density at radius 1 is 1.50 bits per heavy atom. The predicted molar refractivity (Wildman–Crippen MR) is 29.0 cm³/mol. The van der Waals surface area contributed by atoms with Crippen molar-refractivity contribution in [2.45, 2.75) is 19.2 Å². The number of alkyl halides is 3. The zero-order valence-corrected chi connectivity index (χ0v) is 5.32. The van der Waals surface area contributed by atoms with Crippen molar-refractivity contribution in [3.8, 4) is 0 Å². The second kappa shape index (κ2) is 2.78. The predicted octanol–water partition coefficient (Wildman–Crippen LogP) is 2.14. The van der Waals surface area contributed by atoms with E-state index in [2.05, 4.69) is 4.74 Å². The highest BCUT2D eigenvalue weighted by Crippen LogP contribution is 2.31. The second-order valence-electron chi connectivity index (χ2n) is 2.31. The van der Waals surface area contributed by atoms with Crippen molar-refractivity contribution in [2.24, 2.45) is 5.92 Å². The summed E-state index contributed by atoms with van der Waals surface area (Å²) in [5, 5.41) is 0. The Morgan fingerprint density at radius 2 is 2.10 bits per heavy atom. The Bertz CT molecular complexity index is 106. The van der Waals surface area contributed by atoms with Crippen molar-refractivity contribution in [3.63, 3.8) is 0 Å². The van der Waals surface area contributed by atoms with Gasteiger partial charge in [-0.1, -0.05) is 0 Å². The number of rotatable bonds is 3. The molecule has 1 rings (SSSR count). The lowest BCUT2D eigenvalue weighted by Crippen LogP contribution is -2.14. The molecular formula is C6H8F3O. The number of hydrogen-bond acceptors (Lipinski definition) is 1. The summed E-state index contributed by atoms with van der Waals surface area (Å²) in [5.74, 6) is 0.377. The van der Waals surface area contributed by atoms with Gasteiger partial charge >= 0.3 is 6.36 Å². The SMILES string of the molecule is FC(F)(F)OCCC1[CH]C1. The van der Waals surface area contributed by atoms with Gasteiger partial charge in [-0.25, -0.2) is 0 Å². The summed E-state index contributed by atoms with van der Waals surface area (Å²) in [6.07, 6.45) is -1.03. The molecule has 0 bridgehead atoms. The van der Waals surface area contributed by atoms with E-state index in [9.17, 15) is 13.2 Å². The van der Waals surface area contributed by atoms with Crippen LogP contribution in [0.4, 0.5) is 13.2 Å². The smallest absolute Gasteiger partial charge is 0.292 e. The first kappa shape index (κ1) is 7.85. The Labute approximate surface area is 57.2 Å². The molecule has 59 valence electrons. The van der Waals surface area contributed by atoms with Gasteiger partial charge in [-0.2, -0.15) is 0 Å². The van der Waals surface area contributed by atoms with Gasteiger partial charge in [0.05, 0.1) is 6.61 Å². The molecule has 1 radical (unpaired) electrons. The van der Waals surface area contributed by atoms with Crippen molar-refractivity contribution >= 4 is 0 Å². The molecule has 0 N–H and O–H groups in total. The first-order valence-corrected chi connectivity index (χ1v) is 3.12. The van der Waals surface area contributed by atoms with E-state index in [1.54, 1.807) is 0 Å². The highest BCUT2D eigenvalue weighted by atomic mass is 19.4. The molecule has 0 heterocycles. The molecule has 1 fully saturated rings. The molecule has 1 unspecified atom stereocenters. The molecular weight excluding hydrogens is 145 g/mol. The van der Waals surface area contributed by atoms with Crippen molar-refractivity contribution in [2.75, 3.05) is 6.61 Å². The lowest BCUT2D eigenvalue weighted by atomic mass is 10.3. The van der Waals surface area contributed by atoms with Gasteiger partial charge in [-0.05, 0) is 25.2 Å². The van der Waals surface area contributed by atoms with Crippen LogP contribution in [-0.4, -0.2) is 13.0 Å². The molecule has 4 heteroatoms. The minimum Gasteiger partial charge on any atom is -0.292 e. The topological polar surface area (TPSA) is 9.23 Å². The maximum Gasteiger partial charge on any atom is 0.522 e. The quantitative estimate of drug-likeness (QED) is 0.603. The summed E-state index contributed by atoms with van der Waals surface area (Å²) < 4.78 is 37.4. The monoisotopic (exact) mass is 153 g/mol. The van der Waals surface area contributed by atoms with Crippen LogP contribution in [0.1, 0.15) is 12.8 Å². The van der Waals surface area contributed by atoms with E-state index < -0.39 is 6.36 Å². The van der Waals surface area contributed by atoms with E-state index >= 15 is 0 Å². The van der Waals surface area contributed by atoms with E-state index in [1.807, 2.05) is 6.42 Å². The van der Waals surface area contributed by atoms with Gasteiger partial charge in [0.15, 0.2) is 0 Å². The molecule has 1 aliphatic carbocycles. The Morgan fingerprint density at radius 3 is 2.50 bits per heavy atom. The fourth-order valence-corrected chi connectivity index (χ4v) is 0.658. The number of halogens is 3. The van der Waals surface area contributed by atoms with Gasteiger partial charge < -0.3 is 0 Å². The Balaban J connectivity index is 1.93. The van der Waals surface area contributed by atoms with Crippen molar-refractivity contribution in [3.05, 3.63) is 6.42 Å². The molecule has 1 aliphatic rings. The minimum atomic E-state index is -4.45. The molecule has 0 spiro atoms. The van der Waals surface area contributed by atoms with Crippen LogP contribution in [0.2, 0.25) is 0 Å². The molecule has 0 aromatic rings. The molecule has 0 saturated heterocycles. The first-order valence-electron chi connectivity index (χ1n) is 3.12. The van der Waals surface area contributed by atoms with E-state index in [4.69, 9.17) is 0 Å². The zero-order valence-electron chi connectivity index (χ0n) is 5.32. The van der Waals surface area contributed by atoms with Crippen LogP contribution in [0.25, 0.3) is 0 Å². The fraction of sp³-hybridized carbons (Fsp3) is 0.833. The van der Waals surface area contributed by atoms with Gasteiger partial charge in [0.1, 0.15) is 0 Å². The average Bonchev–Trinajstić information content (AvgIpc) is 2.45. The van der Waals surface area contributed by atoms with Crippen LogP contribution in [0.5, 0.6) is 0 Å². The average molecular weight is 153 g/mol. The maximum atomic E-state index is 11.3. The summed E-state index contributed by atoms with van der Waals surface area (Å²) in [4.78, 5) is 0. The van der Waals surface area contributed by atoms with Crippen LogP contribution in [-0.2, 0) is 4.74 Å². The van der Waals surface area contributed by atoms with Crippen molar-refractivity contribution in [1.82, 2.24) is 0 Å². The third-order valence-electron chi connectivity index (χ3n) is 1.32. The van der Waals surface area contributed by atoms with Gasteiger partial charge in [-0.3, -0.25) is 4.74 Å². The normalized spacial score (nSPS) is 19.5.